The zero-order valence-electron chi connectivity index (χ0n) is 21.5. The monoisotopic (exact) mass is 535 g/mol. The molecule has 0 radical (unpaired) electrons. The Balaban J connectivity index is 1.50. The molecule has 1 fully saturated rings. The number of hydrogen-bond acceptors (Lipinski definition) is 8. The summed E-state index contributed by atoms with van der Waals surface area (Å²) in [6, 6.07) is 12.2. The Kier molecular flexibility index (Phi) is 8.34. The van der Waals surface area contributed by atoms with Gasteiger partial charge >= 0.3 is 0 Å². The fourth-order valence-electron chi connectivity index (χ4n) is 3.92. The zero-order chi connectivity index (χ0) is 27.3. The minimum atomic E-state index is -0.497. The Morgan fingerprint density at radius 2 is 2.00 bits per heavy atom. The van der Waals surface area contributed by atoms with E-state index in [2.05, 4.69) is 16.4 Å². The van der Waals surface area contributed by atoms with Gasteiger partial charge in [-0.2, -0.15) is 5.26 Å². The number of rotatable bonds is 11. The number of hydrogen-bond donors (Lipinski definition) is 1. The smallest absolute Gasteiger partial charge is 0.263 e. The van der Waals surface area contributed by atoms with E-state index in [0.717, 1.165) is 18.4 Å². The summed E-state index contributed by atoms with van der Waals surface area (Å²) >= 11 is 1.43. The van der Waals surface area contributed by atoms with Crippen molar-refractivity contribution in [3.63, 3.8) is 0 Å². The molecular weight excluding hydrogens is 506 g/mol. The number of fused-ring (bicyclic) bond motifs is 1. The van der Waals surface area contributed by atoms with E-state index in [4.69, 9.17) is 14.7 Å². The van der Waals surface area contributed by atoms with E-state index in [1.807, 2.05) is 6.92 Å². The quantitative estimate of drug-likeness (QED) is 0.293. The van der Waals surface area contributed by atoms with Crippen LogP contribution in [0, 0.1) is 11.3 Å². The maximum atomic E-state index is 13.1. The number of methoxy groups -OCH3 is 1. The topological polar surface area (TPSA) is 127 Å². The molecule has 1 aliphatic rings. The van der Waals surface area contributed by atoms with Crippen molar-refractivity contribution in [1.29, 1.82) is 5.26 Å². The maximum absolute atomic E-state index is 13.1. The molecule has 198 valence electrons. The highest BCUT2D eigenvalue weighted by Crippen LogP contribution is 2.50. The molecule has 1 aliphatic carbocycles. The van der Waals surface area contributed by atoms with Crippen LogP contribution in [0.15, 0.2) is 47.4 Å². The molecule has 0 unspecified atom stereocenters. The molecule has 10 nitrogen and oxygen atoms in total. The lowest BCUT2D eigenvalue weighted by Crippen LogP contribution is -2.32. The number of carbonyl (C=O) groups is 2. The molecule has 0 atom stereocenters. The molecule has 1 saturated carbocycles. The van der Waals surface area contributed by atoms with Crippen molar-refractivity contribution < 1.29 is 19.1 Å². The second-order valence-electron chi connectivity index (χ2n) is 9.07. The molecule has 1 aromatic carbocycles. The fraction of sp³-hybridized carbons (Fsp3) is 0.370. The number of nitriles is 1. The molecular formula is C27H29N5O5S. The summed E-state index contributed by atoms with van der Waals surface area (Å²) in [7, 11) is 3.13. The van der Waals surface area contributed by atoms with Crippen molar-refractivity contribution in [2.24, 2.45) is 7.05 Å². The van der Waals surface area contributed by atoms with Crippen molar-refractivity contribution in [2.45, 2.75) is 37.5 Å². The lowest BCUT2D eigenvalue weighted by atomic mass is 10.1. The van der Waals surface area contributed by atoms with E-state index in [1.54, 1.807) is 61.1 Å². The molecule has 0 spiro atoms. The lowest BCUT2D eigenvalue weighted by Gasteiger charge is -2.25. The van der Waals surface area contributed by atoms with Gasteiger partial charge in [0.2, 0.25) is 11.8 Å². The number of aryl methyl sites for hydroxylation is 1. The van der Waals surface area contributed by atoms with Crippen LogP contribution >= 0.6 is 11.9 Å². The van der Waals surface area contributed by atoms with Crippen molar-refractivity contribution >= 4 is 34.7 Å². The van der Waals surface area contributed by atoms with Gasteiger partial charge in [0.1, 0.15) is 24.4 Å². The molecule has 1 N–H and O–H groups in total. The van der Waals surface area contributed by atoms with Gasteiger partial charge in [-0.25, -0.2) is 4.98 Å². The van der Waals surface area contributed by atoms with Crippen LogP contribution in [0.4, 0.5) is 0 Å². The summed E-state index contributed by atoms with van der Waals surface area (Å²) in [5.74, 6) is -0.222. The van der Waals surface area contributed by atoms with Crippen LogP contribution in [0.25, 0.3) is 10.9 Å². The molecule has 2 heterocycles. The van der Waals surface area contributed by atoms with Gasteiger partial charge in [-0.3, -0.25) is 18.7 Å². The molecule has 38 heavy (non-hydrogen) atoms. The third-order valence-corrected chi connectivity index (χ3v) is 7.73. The first-order chi connectivity index (χ1) is 18.3. The van der Waals surface area contributed by atoms with Crippen LogP contribution in [0.1, 0.15) is 47.7 Å². The van der Waals surface area contributed by atoms with E-state index < -0.39 is 11.5 Å². The number of aromatic nitrogens is 2. The minimum absolute atomic E-state index is 0.00768. The van der Waals surface area contributed by atoms with Gasteiger partial charge in [-0.15, -0.1) is 0 Å². The molecule has 0 saturated heterocycles. The third-order valence-electron chi connectivity index (χ3n) is 6.28. The average molecular weight is 536 g/mol. The molecule has 0 bridgehead atoms. The van der Waals surface area contributed by atoms with Gasteiger partial charge in [-0.05, 0) is 54.6 Å². The van der Waals surface area contributed by atoms with Crippen molar-refractivity contribution in [3.8, 4) is 11.9 Å². The molecule has 2 aromatic heterocycles. The Labute approximate surface area is 224 Å². The Morgan fingerprint density at radius 3 is 2.63 bits per heavy atom. The number of carbonyl (C=O) groups excluding carboxylic acids is 2. The van der Waals surface area contributed by atoms with Gasteiger partial charge in [0.25, 0.3) is 11.5 Å². The number of nitrogens with zero attached hydrogens (tertiary/aromatic N) is 4. The van der Waals surface area contributed by atoms with Gasteiger partial charge in [-0.1, -0.05) is 19.1 Å². The van der Waals surface area contributed by atoms with Crippen LogP contribution in [0.3, 0.4) is 0 Å². The molecule has 11 heteroatoms. The Morgan fingerprint density at radius 1 is 1.26 bits per heavy atom. The highest BCUT2D eigenvalue weighted by molar-refractivity contribution is 7.99. The predicted octanol–water partition coefficient (Wildman–Crippen LogP) is 3.14. The summed E-state index contributed by atoms with van der Waals surface area (Å²) in [5.41, 5.74) is 1.37. The van der Waals surface area contributed by atoms with Crippen molar-refractivity contribution in [1.82, 2.24) is 19.2 Å². The number of ether oxygens (including phenoxy) is 2. The van der Waals surface area contributed by atoms with Crippen molar-refractivity contribution in [2.75, 3.05) is 20.4 Å². The number of pyridine rings is 2. The van der Waals surface area contributed by atoms with E-state index in [1.165, 1.54) is 16.5 Å². The van der Waals surface area contributed by atoms with Crippen LogP contribution < -0.4 is 15.6 Å². The Hall–Kier alpha value is -3.88. The third kappa shape index (κ3) is 5.98. The zero-order valence-corrected chi connectivity index (χ0v) is 22.3. The summed E-state index contributed by atoms with van der Waals surface area (Å²) in [6.07, 6.45) is 3.71. The van der Waals surface area contributed by atoms with Crippen LogP contribution in [-0.2, 0) is 23.1 Å². The normalized spacial score (nSPS) is 13.5. The first kappa shape index (κ1) is 27.2. The van der Waals surface area contributed by atoms with Gasteiger partial charge in [0, 0.05) is 38.7 Å². The maximum Gasteiger partial charge on any atom is 0.263 e. The molecule has 4 rings (SSSR count). The van der Waals surface area contributed by atoms with E-state index >= 15 is 0 Å². The minimum Gasteiger partial charge on any atom is -0.475 e. The lowest BCUT2D eigenvalue weighted by molar-refractivity contribution is -0.128. The Bertz CT molecular complexity index is 1440. The van der Waals surface area contributed by atoms with Crippen molar-refractivity contribution in [3.05, 3.63) is 69.6 Å². The molecule has 2 amide bonds. The summed E-state index contributed by atoms with van der Waals surface area (Å²) in [4.78, 5) is 42.6. The standard InChI is InChI=1S/C27H29N5O5S/c1-4-22(33)32(17-36-3)38-27(10-11-27)16-37-25-23-20(9-12-29-25)13-21(26(35)31(23)2)24(34)30-15-19-7-5-18(14-28)6-8-19/h5-9,12-13H,4,10-11,15-17H2,1-3H3,(H,30,34). The first-order valence-electron chi connectivity index (χ1n) is 12.2. The van der Waals surface area contributed by atoms with Gasteiger partial charge in [0.15, 0.2) is 0 Å². The molecule has 0 aliphatic heterocycles. The van der Waals surface area contributed by atoms with Gasteiger partial charge in [0.05, 0.1) is 16.4 Å². The SMILES string of the molecule is CCC(=O)N(COC)SC1(COc2nccc3cc(C(=O)NCc4ccc(C#N)cc4)c(=O)n(C)c23)CC1. The summed E-state index contributed by atoms with van der Waals surface area (Å²) < 4.78 is 14.0. The fourth-order valence-corrected chi connectivity index (χ4v) is 5.18. The van der Waals surface area contributed by atoms with Crippen LogP contribution in [-0.4, -0.2) is 50.9 Å². The van der Waals surface area contributed by atoms with Crippen LogP contribution in [0.5, 0.6) is 5.88 Å². The highest BCUT2D eigenvalue weighted by atomic mass is 32.2. The summed E-state index contributed by atoms with van der Waals surface area (Å²) in [5, 5.41) is 12.3. The second-order valence-corrected chi connectivity index (χ2v) is 10.6. The average Bonchev–Trinajstić information content (AvgIpc) is 3.71. The first-order valence-corrected chi connectivity index (χ1v) is 13.0. The predicted molar refractivity (Wildman–Crippen MR) is 143 cm³/mol. The summed E-state index contributed by atoms with van der Waals surface area (Å²) in [6.45, 7) is 2.53. The van der Waals surface area contributed by atoms with Gasteiger partial charge < -0.3 is 19.4 Å². The van der Waals surface area contributed by atoms with E-state index in [0.29, 0.717) is 35.4 Å². The largest absolute Gasteiger partial charge is 0.475 e. The number of nitrogens with one attached hydrogen (secondary N) is 1. The highest BCUT2D eigenvalue weighted by Gasteiger charge is 2.47. The van der Waals surface area contributed by atoms with E-state index in [-0.39, 0.29) is 29.5 Å². The molecule has 3 aromatic rings. The number of amides is 2. The number of benzene rings is 1. The van der Waals surface area contributed by atoms with Crippen LogP contribution in [0.2, 0.25) is 0 Å². The van der Waals surface area contributed by atoms with E-state index in [9.17, 15) is 14.4 Å². The second kappa shape index (κ2) is 11.7.